The van der Waals surface area contributed by atoms with E-state index in [-0.39, 0.29) is 16.9 Å². The summed E-state index contributed by atoms with van der Waals surface area (Å²) in [5.41, 5.74) is 3.96. The Morgan fingerprint density at radius 1 is 0.974 bits per heavy atom. The van der Waals surface area contributed by atoms with Crippen LogP contribution < -0.4 is 16.1 Å². The van der Waals surface area contributed by atoms with Crippen LogP contribution in [0, 0.1) is 0 Å². The second-order valence-corrected chi connectivity index (χ2v) is 10.9. The summed E-state index contributed by atoms with van der Waals surface area (Å²) in [6.45, 7) is 9.27. The van der Waals surface area contributed by atoms with E-state index in [4.69, 9.17) is 16.3 Å². The maximum atomic E-state index is 13.8. The highest BCUT2D eigenvalue weighted by Crippen LogP contribution is 2.27. The molecular formula is C30H34ClN5O3. The molecule has 8 nitrogen and oxygen atoms in total. The van der Waals surface area contributed by atoms with Crippen molar-refractivity contribution in [2.24, 2.45) is 0 Å². The quantitative estimate of drug-likeness (QED) is 0.353. The van der Waals surface area contributed by atoms with Crippen molar-refractivity contribution in [3.8, 4) is 0 Å². The van der Waals surface area contributed by atoms with Crippen molar-refractivity contribution in [1.29, 1.82) is 0 Å². The minimum Gasteiger partial charge on any atom is -0.379 e. The summed E-state index contributed by atoms with van der Waals surface area (Å²) in [6.07, 6.45) is 2.58. The molecule has 2 aromatic heterocycles. The number of amides is 1. The zero-order valence-electron chi connectivity index (χ0n) is 22.0. The third-order valence-electron chi connectivity index (χ3n) is 7.83. The van der Waals surface area contributed by atoms with Gasteiger partial charge in [-0.1, -0.05) is 23.7 Å². The number of hydrogen-bond donors (Lipinski definition) is 2. The fourth-order valence-electron chi connectivity index (χ4n) is 5.69. The van der Waals surface area contributed by atoms with Crippen molar-refractivity contribution in [3.05, 3.63) is 86.3 Å². The number of carbonyl (C=O) groups is 1. The second-order valence-electron chi connectivity index (χ2n) is 10.5. The number of benzene rings is 2. The molecule has 2 aromatic carbocycles. The fourth-order valence-corrected chi connectivity index (χ4v) is 5.82. The van der Waals surface area contributed by atoms with Crippen molar-refractivity contribution in [1.82, 2.24) is 24.8 Å². The summed E-state index contributed by atoms with van der Waals surface area (Å²) in [6, 6.07) is 13.7. The largest absolute Gasteiger partial charge is 0.379 e. The molecule has 2 aliphatic heterocycles. The molecule has 0 atom stereocenters. The number of morpholine rings is 1. The summed E-state index contributed by atoms with van der Waals surface area (Å²) in [4.78, 5) is 31.9. The molecule has 0 aliphatic carbocycles. The predicted octanol–water partition coefficient (Wildman–Crippen LogP) is 2.75. The number of pyridine rings is 1. The van der Waals surface area contributed by atoms with Crippen molar-refractivity contribution in [3.63, 3.8) is 0 Å². The molecular weight excluding hydrogens is 514 g/mol. The average molecular weight is 548 g/mol. The van der Waals surface area contributed by atoms with E-state index >= 15 is 0 Å². The number of hydrogen-bond acceptors (Lipinski definition) is 6. The summed E-state index contributed by atoms with van der Waals surface area (Å²) in [5, 5.41) is 8.64. The Bertz CT molecular complexity index is 1510. The van der Waals surface area contributed by atoms with Gasteiger partial charge < -0.3 is 24.7 Å². The van der Waals surface area contributed by atoms with Gasteiger partial charge in [0.25, 0.3) is 5.91 Å². The highest BCUT2D eigenvalue weighted by atomic mass is 35.5. The lowest BCUT2D eigenvalue weighted by Crippen LogP contribution is -2.44. The first-order chi connectivity index (χ1) is 19.0. The van der Waals surface area contributed by atoms with E-state index < -0.39 is 0 Å². The van der Waals surface area contributed by atoms with Crippen LogP contribution in [0.1, 0.15) is 27.2 Å². The maximum Gasteiger partial charge on any atom is 0.257 e. The highest BCUT2D eigenvalue weighted by Gasteiger charge is 2.21. The number of aromatic nitrogens is 1. The van der Waals surface area contributed by atoms with Crippen LogP contribution in [0.4, 0.5) is 0 Å². The lowest BCUT2D eigenvalue weighted by atomic mass is 10.0. The van der Waals surface area contributed by atoms with Crippen molar-refractivity contribution >= 4 is 33.8 Å². The Labute approximate surface area is 232 Å². The van der Waals surface area contributed by atoms with Gasteiger partial charge >= 0.3 is 0 Å². The molecule has 4 heterocycles. The third-order valence-corrected chi connectivity index (χ3v) is 8.09. The Morgan fingerprint density at radius 2 is 1.74 bits per heavy atom. The van der Waals surface area contributed by atoms with Crippen LogP contribution in [0.25, 0.3) is 16.3 Å². The Kier molecular flexibility index (Phi) is 7.81. The minimum atomic E-state index is -0.367. The smallest absolute Gasteiger partial charge is 0.257 e. The fraction of sp³-hybridized carbons (Fsp3) is 0.400. The second kappa shape index (κ2) is 11.6. The first-order valence-corrected chi connectivity index (χ1v) is 14.1. The number of ether oxygens (including phenoxy) is 1. The van der Waals surface area contributed by atoms with Crippen LogP contribution >= 0.6 is 11.6 Å². The van der Waals surface area contributed by atoms with Crippen LogP contribution in [0.2, 0.25) is 5.02 Å². The molecule has 2 fully saturated rings. The monoisotopic (exact) mass is 547 g/mol. The molecule has 0 saturated carbocycles. The van der Waals surface area contributed by atoms with Crippen LogP contribution in [0.3, 0.4) is 0 Å². The van der Waals surface area contributed by atoms with E-state index in [9.17, 15) is 9.59 Å². The molecule has 2 N–H and O–H groups in total. The van der Waals surface area contributed by atoms with Gasteiger partial charge in [0.2, 0.25) is 5.43 Å². The predicted molar refractivity (Wildman–Crippen MR) is 154 cm³/mol. The van der Waals surface area contributed by atoms with Gasteiger partial charge in [0.15, 0.2) is 0 Å². The van der Waals surface area contributed by atoms with Crippen molar-refractivity contribution < 1.29 is 9.53 Å². The maximum absolute atomic E-state index is 13.8. The molecule has 6 rings (SSSR count). The molecule has 0 unspecified atom stereocenters. The summed E-state index contributed by atoms with van der Waals surface area (Å²) in [7, 11) is 0. The van der Waals surface area contributed by atoms with Crippen LogP contribution in [0.15, 0.2) is 53.5 Å². The van der Waals surface area contributed by atoms with E-state index in [1.54, 1.807) is 18.3 Å². The Hall–Kier alpha value is -3.01. The first-order valence-electron chi connectivity index (χ1n) is 13.7. The highest BCUT2D eigenvalue weighted by molar-refractivity contribution is 6.30. The van der Waals surface area contributed by atoms with E-state index in [0.717, 1.165) is 99.7 Å². The standard InChI is InChI=1S/C30H34ClN5O3/c31-24-3-1-21(2-4-24)18-33-30(38)27-20-36-25(5-8-34-9-6-32-7-10-34)17-23-15-22(16-26(28(23)36)29(27)37)19-35-11-13-39-14-12-35/h1-4,15-17,20,32H,5-14,18-19H2,(H,33,38). The molecule has 39 heavy (non-hydrogen) atoms. The SMILES string of the molecule is O=C(NCc1ccc(Cl)cc1)c1cn2c(CCN3CCNCC3)cc3cc(CN4CCOCC4)cc(c1=O)c32. The molecule has 204 valence electrons. The van der Waals surface area contributed by atoms with Crippen LogP contribution in [-0.4, -0.2) is 79.1 Å². The Morgan fingerprint density at radius 3 is 2.51 bits per heavy atom. The molecule has 1 amide bonds. The van der Waals surface area contributed by atoms with E-state index in [2.05, 4.69) is 37.0 Å². The van der Waals surface area contributed by atoms with Crippen molar-refractivity contribution in [2.75, 3.05) is 59.0 Å². The summed E-state index contributed by atoms with van der Waals surface area (Å²) < 4.78 is 7.58. The van der Waals surface area contributed by atoms with Gasteiger partial charge in [-0.25, -0.2) is 0 Å². The molecule has 4 aromatic rings. The van der Waals surface area contributed by atoms with Gasteiger partial charge in [0.05, 0.1) is 18.7 Å². The molecule has 0 radical (unpaired) electrons. The summed E-state index contributed by atoms with van der Waals surface area (Å²) in [5.74, 6) is -0.367. The third kappa shape index (κ3) is 5.81. The molecule has 0 spiro atoms. The number of carbonyl (C=O) groups excluding carboxylic acids is 1. The van der Waals surface area contributed by atoms with Gasteiger partial charge in [-0.15, -0.1) is 0 Å². The van der Waals surface area contributed by atoms with Crippen molar-refractivity contribution in [2.45, 2.75) is 19.5 Å². The molecule has 2 saturated heterocycles. The van der Waals surface area contributed by atoms with Gasteiger partial charge in [0, 0.05) is 93.0 Å². The molecule has 9 heteroatoms. The van der Waals surface area contributed by atoms with Gasteiger partial charge in [-0.2, -0.15) is 0 Å². The summed E-state index contributed by atoms with van der Waals surface area (Å²) >= 11 is 6.00. The van der Waals surface area contributed by atoms with E-state index in [1.807, 2.05) is 18.2 Å². The lowest BCUT2D eigenvalue weighted by molar-refractivity contribution is 0.0342. The zero-order valence-corrected chi connectivity index (χ0v) is 22.8. The van der Waals surface area contributed by atoms with E-state index in [0.29, 0.717) is 17.0 Å². The Balaban J connectivity index is 1.35. The van der Waals surface area contributed by atoms with Gasteiger partial charge in [-0.05, 0) is 41.5 Å². The minimum absolute atomic E-state index is 0.168. The number of piperazine rings is 1. The number of nitrogens with zero attached hydrogens (tertiary/aromatic N) is 3. The van der Waals surface area contributed by atoms with Crippen LogP contribution in [-0.2, 0) is 24.2 Å². The first kappa shape index (κ1) is 26.2. The molecule has 2 aliphatic rings. The lowest BCUT2D eigenvalue weighted by Gasteiger charge is -2.27. The topological polar surface area (TPSA) is 78.3 Å². The van der Waals surface area contributed by atoms with E-state index in [1.165, 1.54) is 0 Å². The zero-order chi connectivity index (χ0) is 26.8. The number of halogens is 1. The molecule has 0 bridgehead atoms. The number of rotatable bonds is 8. The van der Waals surface area contributed by atoms with Gasteiger partial charge in [-0.3, -0.25) is 14.5 Å². The van der Waals surface area contributed by atoms with Crippen LogP contribution in [0.5, 0.6) is 0 Å². The average Bonchev–Trinajstić information content (AvgIpc) is 3.31. The number of nitrogens with one attached hydrogen (secondary N) is 2. The van der Waals surface area contributed by atoms with Gasteiger partial charge in [0.1, 0.15) is 5.56 Å². The normalized spacial score (nSPS) is 17.3.